The number of carbonyl (C=O) groups is 2. The lowest BCUT2D eigenvalue weighted by Crippen LogP contribution is -2.30. The quantitative estimate of drug-likeness (QED) is 0.365. The summed E-state index contributed by atoms with van der Waals surface area (Å²) in [5, 5.41) is 12.0. The number of fused-ring (bicyclic) bond motifs is 1. The number of hydrogen-bond acceptors (Lipinski definition) is 7. The topological polar surface area (TPSA) is 102 Å². The fourth-order valence-electron chi connectivity index (χ4n) is 4.01. The Morgan fingerprint density at radius 3 is 2.44 bits per heavy atom. The molecule has 1 N–H and O–H groups in total. The number of aliphatic hydroxyl groups excluding tert-OH is 1. The number of carbonyl (C=O) groups excluding carboxylic acids is 2. The molecule has 1 amide bonds. The average molecular weight is 480 g/mol. The molecule has 2 aromatic heterocycles. The van der Waals surface area contributed by atoms with Crippen molar-refractivity contribution in [1.82, 2.24) is 0 Å². The van der Waals surface area contributed by atoms with Crippen LogP contribution in [0.5, 0.6) is 11.5 Å². The van der Waals surface area contributed by atoms with Crippen molar-refractivity contribution in [3.05, 3.63) is 88.7 Å². The van der Waals surface area contributed by atoms with Gasteiger partial charge in [0, 0.05) is 28.6 Å². The number of aliphatic hydroxyl groups is 1. The van der Waals surface area contributed by atoms with Crippen molar-refractivity contribution in [1.29, 1.82) is 0 Å². The lowest BCUT2D eigenvalue weighted by Gasteiger charge is -2.25. The van der Waals surface area contributed by atoms with Crippen LogP contribution in [0.2, 0.25) is 5.02 Å². The third-order valence-corrected chi connectivity index (χ3v) is 5.82. The highest BCUT2D eigenvalue weighted by Crippen LogP contribution is 2.44. The number of halogens is 1. The zero-order valence-corrected chi connectivity index (χ0v) is 18.8. The van der Waals surface area contributed by atoms with Crippen LogP contribution in [0.4, 0.5) is 5.69 Å². The Labute approximate surface area is 198 Å². The number of anilines is 1. The Bertz CT molecular complexity index is 1430. The normalized spacial score (nSPS) is 15.9. The van der Waals surface area contributed by atoms with Crippen LogP contribution in [0.25, 0.3) is 11.0 Å². The molecule has 5 rings (SSSR count). The Kier molecular flexibility index (Phi) is 5.30. The Morgan fingerprint density at radius 2 is 1.79 bits per heavy atom. The molecule has 0 saturated heterocycles. The Morgan fingerprint density at radius 1 is 1.06 bits per heavy atom. The number of furan rings is 2. The van der Waals surface area contributed by atoms with Gasteiger partial charge < -0.3 is 23.4 Å². The molecule has 1 unspecified atom stereocenters. The highest BCUT2D eigenvalue weighted by molar-refractivity contribution is 6.31. The molecule has 34 heavy (non-hydrogen) atoms. The predicted octanol–water partition coefficient (Wildman–Crippen LogP) is 5.48. The zero-order chi connectivity index (χ0) is 24.0. The van der Waals surface area contributed by atoms with E-state index in [4.69, 9.17) is 29.9 Å². The molecule has 4 aromatic rings. The Hall–Kier alpha value is -4.17. The maximum absolute atomic E-state index is 13.6. The van der Waals surface area contributed by atoms with E-state index in [1.165, 1.54) is 31.4 Å². The molecule has 1 atom stereocenters. The second-order valence-electron chi connectivity index (χ2n) is 7.55. The summed E-state index contributed by atoms with van der Waals surface area (Å²) in [7, 11) is 2.96. The van der Waals surface area contributed by atoms with Gasteiger partial charge in [-0.1, -0.05) is 11.6 Å². The van der Waals surface area contributed by atoms with E-state index in [2.05, 4.69) is 0 Å². The van der Waals surface area contributed by atoms with Gasteiger partial charge in [-0.2, -0.15) is 0 Å². The van der Waals surface area contributed by atoms with Crippen molar-refractivity contribution >= 4 is 39.9 Å². The summed E-state index contributed by atoms with van der Waals surface area (Å²) in [6, 6.07) is 13.5. The van der Waals surface area contributed by atoms with Gasteiger partial charge in [0.25, 0.3) is 5.91 Å². The van der Waals surface area contributed by atoms with Crippen LogP contribution in [-0.2, 0) is 4.79 Å². The number of methoxy groups -OCH3 is 2. The molecule has 2 aromatic carbocycles. The minimum Gasteiger partial charge on any atom is -0.503 e. The molecule has 0 bridgehead atoms. The summed E-state index contributed by atoms with van der Waals surface area (Å²) >= 11 is 6.04. The van der Waals surface area contributed by atoms with Crippen LogP contribution in [-0.4, -0.2) is 31.0 Å². The largest absolute Gasteiger partial charge is 0.503 e. The van der Waals surface area contributed by atoms with E-state index in [0.717, 1.165) is 0 Å². The zero-order valence-electron chi connectivity index (χ0n) is 18.1. The van der Waals surface area contributed by atoms with Gasteiger partial charge in [-0.15, -0.1) is 0 Å². The summed E-state index contributed by atoms with van der Waals surface area (Å²) in [6.45, 7) is 0. The van der Waals surface area contributed by atoms with E-state index in [1.807, 2.05) is 0 Å². The summed E-state index contributed by atoms with van der Waals surface area (Å²) in [6.07, 6.45) is 1.42. The van der Waals surface area contributed by atoms with E-state index in [9.17, 15) is 14.7 Å². The van der Waals surface area contributed by atoms with Gasteiger partial charge >= 0.3 is 0 Å². The first-order chi connectivity index (χ1) is 16.4. The lowest BCUT2D eigenvalue weighted by atomic mass is 9.99. The van der Waals surface area contributed by atoms with Gasteiger partial charge in [0.2, 0.25) is 5.78 Å². The number of benzene rings is 2. The third kappa shape index (κ3) is 3.48. The minimum atomic E-state index is -1.05. The molecule has 8 nitrogen and oxygen atoms in total. The highest BCUT2D eigenvalue weighted by Gasteiger charge is 2.47. The second-order valence-corrected chi connectivity index (χ2v) is 7.98. The van der Waals surface area contributed by atoms with Gasteiger partial charge in [0.1, 0.15) is 28.9 Å². The molecule has 172 valence electrons. The van der Waals surface area contributed by atoms with Crippen LogP contribution in [0.3, 0.4) is 0 Å². The van der Waals surface area contributed by atoms with Crippen molar-refractivity contribution in [2.45, 2.75) is 6.04 Å². The van der Waals surface area contributed by atoms with Crippen molar-refractivity contribution in [2.24, 2.45) is 0 Å². The van der Waals surface area contributed by atoms with Crippen molar-refractivity contribution in [2.75, 3.05) is 19.1 Å². The predicted molar refractivity (Wildman–Crippen MR) is 124 cm³/mol. The van der Waals surface area contributed by atoms with Gasteiger partial charge in [-0.05, 0) is 36.4 Å². The Balaban J connectivity index is 1.64. The van der Waals surface area contributed by atoms with Gasteiger partial charge in [-0.3, -0.25) is 14.5 Å². The van der Waals surface area contributed by atoms with Crippen LogP contribution in [0, 0.1) is 0 Å². The number of ether oxygens (including phenoxy) is 2. The maximum Gasteiger partial charge on any atom is 0.294 e. The van der Waals surface area contributed by atoms with Crippen molar-refractivity contribution in [3.8, 4) is 11.5 Å². The summed E-state index contributed by atoms with van der Waals surface area (Å²) in [5.74, 6) is -1.06. The number of hydrogen-bond donors (Lipinski definition) is 1. The number of rotatable bonds is 6. The summed E-state index contributed by atoms with van der Waals surface area (Å²) < 4.78 is 21.9. The van der Waals surface area contributed by atoms with E-state index < -0.39 is 23.5 Å². The fourth-order valence-corrected chi connectivity index (χ4v) is 4.19. The van der Waals surface area contributed by atoms with Crippen LogP contribution >= 0.6 is 11.6 Å². The van der Waals surface area contributed by atoms with Crippen LogP contribution in [0.15, 0.2) is 81.0 Å². The molecule has 0 radical (unpaired) electrons. The standard InChI is InChI=1S/C25H18ClNO7/c1-31-16-10-15(11-17(12-16)32-2)27-22(19-4-3-7-33-19)21(24(29)25(27)30)23(28)20-9-13-8-14(26)5-6-18(13)34-20/h3-12,22,29H,1-2H3. The SMILES string of the molecule is COc1cc(OC)cc(N2C(=O)C(O)=C(C(=O)c3cc4cc(Cl)ccc4o3)C2c2ccco2)c1. The first-order valence-corrected chi connectivity index (χ1v) is 10.6. The summed E-state index contributed by atoms with van der Waals surface area (Å²) in [5.41, 5.74) is 0.612. The van der Waals surface area contributed by atoms with Crippen molar-refractivity contribution in [3.63, 3.8) is 0 Å². The average Bonchev–Trinajstić information content (AvgIpc) is 3.57. The lowest BCUT2D eigenvalue weighted by molar-refractivity contribution is -0.117. The summed E-state index contributed by atoms with van der Waals surface area (Å²) in [4.78, 5) is 28.1. The maximum atomic E-state index is 13.6. The van der Waals surface area contributed by atoms with Crippen LogP contribution < -0.4 is 14.4 Å². The van der Waals surface area contributed by atoms with Gasteiger partial charge in [0.05, 0.1) is 31.7 Å². The second kappa shape index (κ2) is 8.31. The van der Waals surface area contributed by atoms with Gasteiger partial charge in [-0.25, -0.2) is 0 Å². The monoisotopic (exact) mass is 479 g/mol. The smallest absolute Gasteiger partial charge is 0.294 e. The minimum absolute atomic E-state index is 0.0479. The highest BCUT2D eigenvalue weighted by atomic mass is 35.5. The number of ketones is 1. The molecular formula is C25H18ClNO7. The number of Topliss-reactive ketones (excluding diaryl/α,β-unsaturated/α-hetero) is 1. The fraction of sp³-hybridized carbons (Fsp3) is 0.120. The van der Waals surface area contributed by atoms with Crippen LogP contribution in [0.1, 0.15) is 22.4 Å². The molecule has 0 saturated carbocycles. The van der Waals surface area contributed by atoms with E-state index in [0.29, 0.717) is 33.2 Å². The third-order valence-electron chi connectivity index (χ3n) is 5.58. The molecule has 0 aliphatic carbocycles. The van der Waals surface area contributed by atoms with E-state index in [-0.39, 0.29) is 17.1 Å². The number of nitrogens with zero attached hydrogens (tertiary/aromatic N) is 1. The molecule has 1 aliphatic heterocycles. The molecule has 9 heteroatoms. The number of amides is 1. The molecule has 3 heterocycles. The van der Waals surface area contributed by atoms with Crippen molar-refractivity contribution < 1.29 is 33.0 Å². The molecule has 1 aliphatic rings. The first kappa shape index (κ1) is 21.7. The molecule has 0 spiro atoms. The molecule has 0 fully saturated rings. The van der Waals surface area contributed by atoms with Gasteiger partial charge in [0.15, 0.2) is 11.5 Å². The van der Waals surface area contributed by atoms with E-state index in [1.54, 1.807) is 48.5 Å². The molecular weight excluding hydrogens is 462 g/mol. The van der Waals surface area contributed by atoms with E-state index >= 15 is 0 Å². The first-order valence-electron chi connectivity index (χ1n) is 10.2.